The molecule has 0 radical (unpaired) electrons. The van der Waals surface area contributed by atoms with Crippen LogP contribution in [0.5, 0.6) is 0 Å². The Hall–Kier alpha value is -1.42. The summed E-state index contributed by atoms with van der Waals surface area (Å²) in [5.41, 5.74) is 2.19. The van der Waals surface area contributed by atoms with Gasteiger partial charge in [-0.05, 0) is 43.5 Å². The van der Waals surface area contributed by atoms with E-state index in [1.54, 1.807) is 0 Å². The van der Waals surface area contributed by atoms with Crippen LogP contribution in [-0.2, 0) is 6.54 Å². The Morgan fingerprint density at radius 3 is 2.88 bits per heavy atom. The minimum atomic E-state index is 0.304. The second-order valence-electron chi connectivity index (χ2n) is 4.42. The van der Waals surface area contributed by atoms with Crippen molar-refractivity contribution < 1.29 is 5.21 Å². The molecule has 0 saturated heterocycles. The molecule has 0 unspecified atom stereocenters. The molecule has 0 aromatic carbocycles. The summed E-state index contributed by atoms with van der Waals surface area (Å²) in [6.07, 6.45) is 6.78. The molecule has 1 atom stereocenters. The van der Waals surface area contributed by atoms with E-state index < -0.39 is 0 Å². The zero-order valence-corrected chi connectivity index (χ0v) is 10.2. The third kappa shape index (κ3) is 2.82. The van der Waals surface area contributed by atoms with Crippen LogP contribution in [0.3, 0.4) is 0 Å². The molecular formula is C13H19N3O. The van der Waals surface area contributed by atoms with Gasteiger partial charge in [-0.1, -0.05) is 12.1 Å². The van der Waals surface area contributed by atoms with Crippen LogP contribution in [0.15, 0.2) is 29.7 Å². The largest absolute Gasteiger partial charge is 0.411 e. The van der Waals surface area contributed by atoms with Gasteiger partial charge in [0, 0.05) is 18.9 Å². The van der Waals surface area contributed by atoms with Gasteiger partial charge in [0.05, 0.1) is 11.8 Å². The van der Waals surface area contributed by atoms with Gasteiger partial charge in [0.1, 0.15) is 0 Å². The van der Waals surface area contributed by atoms with Crippen molar-refractivity contribution in [3.05, 3.63) is 30.1 Å². The number of pyridine rings is 1. The fourth-order valence-corrected chi connectivity index (χ4v) is 2.48. The normalized spacial score (nSPS) is 22.5. The van der Waals surface area contributed by atoms with Crippen LogP contribution in [-0.4, -0.2) is 33.4 Å². The number of hydrogen-bond donors (Lipinski definition) is 1. The summed E-state index contributed by atoms with van der Waals surface area (Å²) in [6.45, 7) is 4.00. The van der Waals surface area contributed by atoms with Gasteiger partial charge in [-0.3, -0.25) is 9.88 Å². The Bertz CT molecular complexity index is 378. The van der Waals surface area contributed by atoms with Crippen LogP contribution < -0.4 is 0 Å². The Morgan fingerprint density at radius 1 is 1.47 bits per heavy atom. The van der Waals surface area contributed by atoms with Gasteiger partial charge in [0.25, 0.3) is 0 Å². The van der Waals surface area contributed by atoms with Gasteiger partial charge in [0.2, 0.25) is 0 Å². The van der Waals surface area contributed by atoms with Crippen molar-refractivity contribution in [3.8, 4) is 0 Å². The van der Waals surface area contributed by atoms with E-state index in [1.165, 1.54) is 5.56 Å². The third-order valence-electron chi connectivity index (χ3n) is 3.41. The molecule has 4 heteroatoms. The predicted molar refractivity (Wildman–Crippen MR) is 67.2 cm³/mol. The molecule has 0 bridgehead atoms. The van der Waals surface area contributed by atoms with Crippen molar-refractivity contribution >= 4 is 5.71 Å². The highest BCUT2D eigenvalue weighted by Crippen LogP contribution is 2.22. The molecule has 1 saturated carbocycles. The predicted octanol–water partition coefficient (Wildman–Crippen LogP) is 2.29. The molecule has 1 fully saturated rings. The van der Waals surface area contributed by atoms with Gasteiger partial charge >= 0.3 is 0 Å². The standard InChI is InChI=1S/C13H19N3O/c1-2-16(10-11-6-8-14-9-7-11)13-5-3-4-12(13)15-17/h6-9,13,17H,2-5,10H2,1H3/b15-12+/t13-/m0/s1. The monoisotopic (exact) mass is 233 g/mol. The molecule has 0 aliphatic heterocycles. The van der Waals surface area contributed by atoms with E-state index in [9.17, 15) is 0 Å². The Labute approximate surface area is 102 Å². The van der Waals surface area contributed by atoms with Gasteiger partial charge < -0.3 is 5.21 Å². The minimum Gasteiger partial charge on any atom is -0.411 e. The number of aromatic nitrogens is 1. The second-order valence-corrected chi connectivity index (χ2v) is 4.42. The first-order valence-electron chi connectivity index (χ1n) is 6.19. The Morgan fingerprint density at radius 2 is 2.24 bits per heavy atom. The maximum atomic E-state index is 9.00. The lowest BCUT2D eigenvalue weighted by Gasteiger charge is -2.27. The summed E-state index contributed by atoms with van der Waals surface area (Å²) in [5, 5.41) is 12.4. The SMILES string of the molecule is CCN(Cc1ccncc1)[C@H]1CCC/C1=N\O. The number of oxime groups is 1. The molecular weight excluding hydrogens is 214 g/mol. The number of nitrogens with zero attached hydrogens (tertiary/aromatic N) is 3. The van der Waals surface area contributed by atoms with E-state index in [0.717, 1.165) is 38.1 Å². The fourth-order valence-electron chi connectivity index (χ4n) is 2.48. The van der Waals surface area contributed by atoms with E-state index in [-0.39, 0.29) is 0 Å². The average molecular weight is 233 g/mol. The van der Waals surface area contributed by atoms with Gasteiger partial charge in [-0.15, -0.1) is 0 Å². The van der Waals surface area contributed by atoms with Crippen molar-refractivity contribution in [1.82, 2.24) is 9.88 Å². The number of rotatable bonds is 4. The van der Waals surface area contributed by atoms with Crippen molar-refractivity contribution in [3.63, 3.8) is 0 Å². The van der Waals surface area contributed by atoms with E-state index >= 15 is 0 Å². The topological polar surface area (TPSA) is 48.7 Å². The quantitative estimate of drug-likeness (QED) is 0.641. The van der Waals surface area contributed by atoms with Gasteiger partial charge in [0.15, 0.2) is 0 Å². The molecule has 2 rings (SSSR count). The zero-order chi connectivity index (χ0) is 12.1. The van der Waals surface area contributed by atoms with Crippen molar-refractivity contribution in [2.24, 2.45) is 5.16 Å². The van der Waals surface area contributed by atoms with Crippen LogP contribution in [0.4, 0.5) is 0 Å². The van der Waals surface area contributed by atoms with E-state index in [0.29, 0.717) is 6.04 Å². The van der Waals surface area contributed by atoms with Gasteiger partial charge in [-0.2, -0.15) is 0 Å². The summed E-state index contributed by atoms with van der Waals surface area (Å²) >= 11 is 0. The number of hydrogen-bond acceptors (Lipinski definition) is 4. The van der Waals surface area contributed by atoms with Crippen molar-refractivity contribution in [1.29, 1.82) is 0 Å². The van der Waals surface area contributed by atoms with Crippen LogP contribution >= 0.6 is 0 Å². The summed E-state index contributed by atoms with van der Waals surface area (Å²) in [7, 11) is 0. The summed E-state index contributed by atoms with van der Waals surface area (Å²) < 4.78 is 0. The molecule has 92 valence electrons. The first-order valence-corrected chi connectivity index (χ1v) is 6.19. The first kappa shape index (κ1) is 12.0. The minimum absolute atomic E-state index is 0.304. The summed E-state index contributed by atoms with van der Waals surface area (Å²) in [4.78, 5) is 6.38. The molecule has 1 heterocycles. The molecule has 0 amide bonds. The molecule has 1 aliphatic rings. The van der Waals surface area contributed by atoms with Crippen LogP contribution in [0.25, 0.3) is 0 Å². The van der Waals surface area contributed by atoms with E-state index in [1.807, 2.05) is 24.5 Å². The van der Waals surface area contributed by atoms with Gasteiger partial charge in [-0.25, -0.2) is 0 Å². The zero-order valence-electron chi connectivity index (χ0n) is 10.2. The van der Waals surface area contributed by atoms with Crippen LogP contribution in [0.2, 0.25) is 0 Å². The molecule has 1 aromatic heterocycles. The average Bonchev–Trinajstić information content (AvgIpc) is 2.85. The van der Waals surface area contributed by atoms with E-state index in [2.05, 4.69) is 22.0 Å². The van der Waals surface area contributed by atoms with E-state index in [4.69, 9.17) is 5.21 Å². The third-order valence-corrected chi connectivity index (χ3v) is 3.41. The second kappa shape index (κ2) is 5.77. The first-order chi connectivity index (χ1) is 8.35. The molecule has 17 heavy (non-hydrogen) atoms. The molecule has 4 nitrogen and oxygen atoms in total. The lowest BCUT2D eigenvalue weighted by Crippen LogP contribution is -2.37. The molecule has 1 aromatic rings. The maximum Gasteiger partial charge on any atom is 0.0742 e. The summed E-state index contributed by atoms with van der Waals surface area (Å²) in [5.74, 6) is 0. The molecule has 1 N–H and O–H groups in total. The van der Waals surface area contributed by atoms with Crippen LogP contribution in [0.1, 0.15) is 31.7 Å². The highest BCUT2D eigenvalue weighted by Gasteiger charge is 2.28. The summed E-state index contributed by atoms with van der Waals surface area (Å²) in [6, 6.07) is 4.37. The highest BCUT2D eigenvalue weighted by atomic mass is 16.4. The lowest BCUT2D eigenvalue weighted by atomic mass is 10.1. The highest BCUT2D eigenvalue weighted by molar-refractivity contribution is 5.90. The molecule has 0 spiro atoms. The Balaban J connectivity index is 2.06. The maximum absolute atomic E-state index is 9.00. The fraction of sp³-hybridized carbons (Fsp3) is 0.538. The Kier molecular flexibility index (Phi) is 4.09. The van der Waals surface area contributed by atoms with Crippen molar-refractivity contribution in [2.75, 3.05) is 6.54 Å². The lowest BCUT2D eigenvalue weighted by molar-refractivity contribution is 0.236. The van der Waals surface area contributed by atoms with Crippen LogP contribution in [0, 0.1) is 0 Å². The smallest absolute Gasteiger partial charge is 0.0742 e. The molecule has 1 aliphatic carbocycles. The van der Waals surface area contributed by atoms with Crippen molar-refractivity contribution in [2.45, 2.75) is 38.8 Å².